The largest absolute Gasteiger partial charge is 0.406 e. The van der Waals surface area contributed by atoms with Gasteiger partial charge in [-0.1, -0.05) is 0 Å². The Kier molecular flexibility index (Phi) is 6.40. The molecule has 0 unspecified atom stereocenters. The number of aromatic amines is 2. The molecule has 1 aliphatic rings. The zero-order valence-corrected chi connectivity index (χ0v) is 18.2. The molecule has 0 radical (unpaired) electrons. The van der Waals surface area contributed by atoms with Crippen molar-refractivity contribution < 1.29 is 31.1 Å². The van der Waals surface area contributed by atoms with Gasteiger partial charge in [-0.3, -0.25) is 19.1 Å². The molecule has 0 bridgehead atoms. The summed E-state index contributed by atoms with van der Waals surface area (Å²) in [5.74, 6) is -2.09. The minimum absolute atomic E-state index is 0.202. The summed E-state index contributed by atoms with van der Waals surface area (Å²) in [6, 6.07) is 1.27. The summed E-state index contributed by atoms with van der Waals surface area (Å²) in [4.78, 5) is 46.6. The van der Waals surface area contributed by atoms with E-state index in [0.717, 1.165) is 0 Å². The van der Waals surface area contributed by atoms with Crippen LogP contribution in [0.4, 0.5) is 26.3 Å². The van der Waals surface area contributed by atoms with Crippen LogP contribution in [0.2, 0.25) is 0 Å². The van der Waals surface area contributed by atoms with Crippen LogP contribution in [0, 0.1) is 5.92 Å². The van der Waals surface area contributed by atoms with Crippen LogP contribution in [-0.4, -0.2) is 55.8 Å². The Bertz CT molecular complexity index is 1350. The topological polar surface area (TPSA) is 104 Å². The van der Waals surface area contributed by atoms with Gasteiger partial charge in [0.1, 0.15) is 18.6 Å². The van der Waals surface area contributed by atoms with Crippen LogP contribution < -0.4 is 11.2 Å². The Hall–Kier alpha value is -3.32. The summed E-state index contributed by atoms with van der Waals surface area (Å²) in [5, 5.41) is 0.759. The third kappa shape index (κ3) is 5.51. The van der Waals surface area contributed by atoms with Crippen molar-refractivity contribution in [1.29, 1.82) is 0 Å². The average molecular weight is 505 g/mol. The maximum absolute atomic E-state index is 12.9. The number of alkyl halides is 6. The van der Waals surface area contributed by atoms with Gasteiger partial charge in [0.25, 0.3) is 5.56 Å². The molecule has 3 heterocycles. The first-order valence-electron chi connectivity index (χ1n) is 10.8. The van der Waals surface area contributed by atoms with Crippen molar-refractivity contribution in [2.24, 2.45) is 5.92 Å². The van der Waals surface area contributed by atoms with Crippen molar-refractivity contribution in [2.75, 3.05) is 13.1 Å². The molecule has 0 aliphatic heterocycles. The van der Waals surface area contributed by atoms with E-state index in [1.165, 1.54) is 10.8 Å². The van der Waals surface area contributed by atoms with E-state index < -0.39 is 61.0 Å². The van der Waals surface area contributed by atoms with Gasteiger partial charge in [-0.05, 0) is 37.7 Å². The highest BCUT2D eigenvalue weighted by Gasteiger charge is 2.39. The summed E-state index contributed by atoms with van der Waals surface area (Å²) >= 11 is 0. The van der Waals surface area contributed by atoms with E-state index in [0.29, 0.717) is 29.4 Å². The second-order valence-electron chi connectivity index (χ2n) is 8.75. The maximum Gasteiger partial charge on any atom is 0.406 e. The predicted molar refractivity (Wildman–Crippen MR) is 113 cm³/mol. The number of aromatic nitrogens is 4. The summed E-state index contributed by atoms with van der Waals surface area (Å²) in [5.41, 5.74) is -0.390. The van der Waals surface area contributed by atoms with Gasteiger partial charge in [0.15, 0.2) is 0 Å². The van der Waals surface area contributed by atoms with Gasteiger partial charge in [0, 0.05) is 30.4 Å². The van der Waals surface area contributed by atoms with E-state index >= 15 is 0 Å². The molecule has 1 amide bonds. The summed E-state index contributed by atoms with van der Waals surface area (Å²) in [6.45, 7) is -2.22. The van der Waals surface area contributed by atoms with E-state index in [-0.39, 0.29) is 23.1 Å². The van der Waals surface area contributed by atoms with Gasteiger partial charge in [-0.25, -0.2) is 9.78 Å². The van der Waals surface area contributed by atoms with Crippen molar-refractivity contribution in [3.05, 3.63) is 39.3 Å². The lowest BCUT2D eigenvalue weighted by molar-refractivity contribution is -0.178. The highest BCUT2D eigenvalue weighted by molar-refractivity contribution is 6.01. The molecule has 3 aromatic heterocycles. The van der Waals surface area contributed by atoms with Crippen molar-refractivity contribution in [1.82, 2.24) is 24.4 Å². The number of hydrogen-bond acceptors (Lipinski definition) is 4. The van der Waals surface area contributed by atoms with E-state index in [1.807, 2.05) is 0 Å². The van der Waals surface area contributed by atoms with Crippen LogP contribution in [-0.2, 0) is 4.79 Å². The van der Waals surface area contributed by atoms with Crippen molar-refractivity contribution in [3.8, 4) is 0 Å². The molecule has 3 aromatic rings. The number of carbonyl (C=O) groups excluding carboxylic acids is 1. The molecule has 0 saturated heterocycles. The standard InChI is InChI=1S/C21H21F6N5O3/c22-20(23,24)7-15(33)31(10-21(25,26)27)9-11-1-3-12(4-2-11)32-16-13-5-6-28-17(13)29-8-14(16)18(34)30-19(32)35/h5-6,8,11-12H,1-4,7,9-10H2,(H,28,29)(H,30,34,35)/t11-,12-. The Morgan fingerprint density at radius 2 is 1.74 bits per heavy atom. The van der Waals surface area contributed by atoms with Gasteiger partial charge in [-0.15, -0.1) is 0 Å². The number of nitrogens with zero attached hydrogens (tertiary/aromatic N) is 3. The van der Waals surface area contributed by atoms with Crippen LogP contribution in [0.15, 0.2) is 28.0 Å². The van der Waals surface area contributed by atoms with Crippen molar-refractivity contribution in [3.63, 3.8) is 0 Å². The molecule has 1 aliphatic carbocycles. The number of carbonyl (C=O) groups is 1. The minimum Gasteiger partial charge on any atom is -0.346 e. The molecular formula is C21H21F6N5O3. The van der Waals surface area contributed by atoms with Crippen LogP contribution >= 0.6 is 0 Å². The molecule has 35 heavy (non-hydrogen) atoms. The summed E-state index contributed by atoms with van der Waals surface area (Å²) in [6.07, 6.45) is -7.54. The number of amides is 1. The fraction of sp³-hybridized carbons (Fsp3) is 0.524. The van der Waals surface area contributed by atoms with Crippen LogP contribution in [0.5, 0.6) is 0 Å². The Balaban J connectivity index is 1.55. The molecule has 0 aromatic carbocycles. The Labute approximate surface area is 192 Å². The quantitative estimate of drug-likeness (QED) is 0.517. The summed E-state index contributed by atoms with van der Waals surface area (Å²) < 4.78 is 78.0. The van der Waals surface area contributed by atoms with E-state index in [1.54, 1.807) is 12.3 Å². The molecule has 0 atom stereocenters. The highest BCUT2D eigenvalue weighted by atomic mass is 19.4. The molecule has 1 fully saturated rings. The van der Waals surface area contributed by atoms with Gasteiger partial charge in [0.05, 0.1) is 10.9 Å². The van der Waals surface area contributed by atoms with E-state index in [9.17, 15) is 40.7 Å². The molecular weight excluding hydrogens is 484 g/mol. The number of halogens is 6. The van der Waals surface area contributed by atoms with Crippen LogP contribution in [0.1, 0.15) is 38.1 Å². The lowest BCUT2D eigenvalue weighted by Gasteiger charge is -2.34. The number of rotatable bonds is 5. The smallest absolute Gasteiger partial charge is 0.346 e. The number of hydrogen-bond donors (Lipinski definition) is 2. The first-order valence-corrected chi connectivity index (χ1v) is 10.8. The third-order valence-electron chi connectivity index (χ3n) is 6.22. The number of fused-ring (bicyclic) bond motifs is 3. The average Bonchev–Trinajstić information content (AvgIpc) is 3.21. The van der Waals surface area contributed by atoms with Gasteiger partial charge in [0.2, 0.25) is 5.91 Å². The van der Waals surface area contributed by atoms with Crippen LogP contribution in [0.25, 0.3) is 21.9 Å². The van der Waals surface area contributed by atoms with Gasteiger partial charge in [-0.2, -0.15) is 26.3 Å². The minimum atomic E-state index is -4.91. The molecule has 14 heteroatoms. The normalized spacial score (nSPS) is 19.4. The highest BCUT2D eigenvalue weighted by Crippen LogP contribution is 2.35. The Morgan fingerprint density at radius 3 is 2.37 bits per heavy atom. The lowest BCUT2D eigenvalue weighted by Crippen LogP contribution is -2.44. The van der Waals surface area contributed by atoms with Crippen LogP contribution in [0.3, 0.4) is 0 Å². The molecule has 0 spiro atoms. The molecule has 1 saturated carbocycles. The number of pyridine rings is 1. The second-order valence-corrected chi connectivity index (χ2v) is 8.75. The number of H-pyrrole nitrogens is 2. The zero-order chi connectivity index (χ0) is 25.5. The predicted octanol–water partition coefficient (Wildman–Crippen LogP) is 3.64. The van der Waals surface area contributed by atoms with E-state index in [4.69, 9.17) is 0 Å². The first kappa shape index (κ1) is 24.8. The fourth-order valence-electron chi connectivity index (χ4n) is 4.75. The molecule has 4 rings (SSSR count). The third-order valence-corrected chi connectivity index (χ3v) is 6.22. The summed E-state index contributed by atoms with van der Waals surface area (Å²) in [7, 11) is 0. The molecule has 2 N–H and O–H groups in total. The Morgan fingerprint density at radius 1 is 1.06 bits per heavy atom. The monoisotopic (exact) mass is 505 g/mol. The van der Waals surface area contributed by atoms with E-state index in [2.05, 4.69) is 15.0 Å². The lowest BCUT2D eigenvalue weighted by atomic mass is 9.85. The molecule has 190 valence electrons. The van der Waals surface area contributed by atoms with Gasteiger partial charge < -0.3 is 9.88 Å². The zero-order valence-electron chi connectivity index (χ0n) is 18.2. The maximum atomic E-state index is 12.9. The SMILES string of the molecule is O=C(CC(F)(F)F)N(CC(F)(F)F)C[C@H]1CC[C@H](n2c(=O)[nH]c(=O)c3cnc4[nH]ccc4c32)CC1. The first-order chi connectivity index (χ1) is 16.3. The fourth-order valence-corrected chi connectivity index (χ4v) is 4.75. The van der Waals surface area contributed by atoms with Crippen molar-refractivity contribution >= 4 is 27.8 Å². The number of nitrogens with one attached hydrogen (secondary N) is 2. The molecule has 8 nitrogen and oxygen atoms in total. The van der Waals surface area contributed by atoms with Gasteiger partial charge >= 0.3 is 18.0 Å². The van der Waals surface area contributed by atoms with Crippen molar-refractivity contribution in [2.45, 2.75) is 50.5 Å². The second kappa shape index (κ2) is 9.04.